The standard InChI is InChI=1S/C14H17ClN4/c1-10-13-4-3-12(7-11(13)8-16-17-10)19-6-5-18(2)9-14(19)15/h3-4,7-8,14H,5-6,9H2,1-2H3. The van der Waals surface area contributed by atoms with Crippen LogP contribution in [0.25, 0.3) is 10.8 Å². The molecule has 4 nitrogen and oxygen atoms in total. The van der Waals surface area contributed by atoms with E-state index in [1.165, 1.54) is 0 Å². The highest BCUT2D eigenvalue weighted by molar-refractivity contribution is 6.22. The van der Waals surface area contributed by atoms with Crippen molar-refractivity contribution in [1.29, 1.82) is 0 Å². The van der Waals surface area contributed by atoms with Crippen molar-refractivity contribution >= 4 is 28.1 Å². The molecule has 1 aromatic heterocycles. The Kier molecular flexibility index (Phi) is 3.29. The summed E-state index contributed by atoms with van der Waals surface area (Å²) in [5, 5.41) is 10.4. The molecule has 0 bridgehead atoms. The van der Waals surface area contributed by atoms with E-state index in [4.69, 9.17) is 11.6 Å². The minimum Gasteiger partial charge on any atom is -0.353 e. The first-order chi connectivity index (χ1) is 9.15. The number of aromatic nitrogens is 2. The molecule has 1 fully saturated rings. The molecule has 1 saturated heterocycles. The molecule has 0 aliphatic carbocycles. The Morgan fingerprint density at radius 2 is 2.16 bits per heavy atom. The van der Waals surface area contributed by atoms with E-state index in [-0.39, 0.29) is 5.50 Å². The minimum atomic E-state index is 0.0205. The van der Waals surface area contributed by atoms with Gasteiger partial charge in [0.25, 0.3) is 0 Å². The Morgan fingerprint density at radius 1 is 1.32 bits per heavy atom. The maximum absolute atomic E-state index is 6.45. The summed E-state index contributed by atoms with van der Waals surface area (Å²) < 4.78 is 0. The Labute approximate surface area is 118 Å². The monoisotopic (exact) mass is 276 g/mol. The second-order valence-corrected chi connectivity index (χ2v) is 5.60. The van der Waals surface area contributed by atoms with Gasteiger partial charge in [-0.25, -0.2) is 0 Å². The Morgan fingerprint density at radius 3 is 2.95 bits per heavy atom. The van der Waals surface area contributed by atoms with E-state index >= 15 is 0 Å². The third kappa shape index (κ3) is 2.38. The fourth-order valence-electron chi connectivity index (χ4n) is 2.55. The van der Waals surface area contributed by atoms with Crippen LogP contribution < -0.4 is 4.90 Å². The van der Waals surface area contributed by atoms with Crippen LogP contribution in [0.2, 0.25) is 0 Å². The summed E-state index contributed by atoms with van der Waals surface area (Å²) in [4.78, 5) is 4.50. The van der Waals surface area contributed by atoms with E-state index in [0.717, 1.165) is 41.8 Å². The molecule has 5 heteroatoms. The molecule has 1 atom stereocenters. The van der Waals surface area contributed by atoms with Crippen molar-refractivity contribution in [3.8, 4) is 0 Å². The number of likely N-dealkylation sites (N-methyl/N-ethyl adjacent to an activating group) is 1. The Hall–Kier alpha value is -1.39. The molecule has 0 N–H and O–H groups in total. The molecule has 0 spiro atoms. The predicted octanol–water partition coefficient (Wildman–Crippen LogP) is 2.25. The summed E-state index contributed by atoms with van der Waals surface area (Å²) in [6.45, 7) is 4.85. The van der Waals surface area contributed by atoms with Crippen molar-refractivity contribution in [2.45, 2.75) is 12.4 Å². The molecule has 0 saturated carbocycles. The van der Waals surface area contributed by atoms with E-state index in [9.17, 15) is 0 Å². The second-order valence-electron chi connectivity index (χ2n) is 5.09. The second kappa shape index (κ2) is 4.94. The van der Waals surface area contributed by atoms with Gasteiger partial charge in [0.15, 0.2) is 0 Å². The first-order valence-corrected chi connectivity index (χ1v) is 6.90. The molecular formula is C14H17ClN4. The number of rotatable bonds is 1. The Bertz CT molecular complexity index is 601. The predicted molar refractivity (Wildman–Crippen MR) is 78.8 cm³/mol. The normalized spacial score (nSPS) is 21.0. The zero-order chi connectivity index (χ0) is 13.4. The number of alkyl halides is 1. The van der Waals surface area contributed by atoms with Gasteiger partial charge in [-0.05, 0) is 26.1 Å². The topological polar surface area (TPSA) is 32.3 Å². The summed E-state index contributed by atoms with van der Waals surface area (Å²) in [5.41, 5.74) is 2.14. The van der Waals surface area contributed by atoms with Crippen molar-refractivity contribution in [1.82, 2.24) is 15.1 Å². The number of nitrogens with zero attached hydrogens (tertiary/aromatic N) is 4. The van der Waals surface area contributed by atoms with Gasteiger partial charge in [0.2, 0.25) is 0 Å². The SMILES string of the molecule is Cc1nncc2cc(N3CCN(C)CC3Cl)ccc12. The molecule has 0 radical (unpaired) electrons. The molecule has 3 rings (SSSR count). The largest absolute Gasteiger partial charge is 0.353 e. The van der Waals surface area contributed by atoms with Gasteiger partial charge in [0, 0.05) is 36.1 Å². The molecule has 2 aromatic rings. The maximum Gasteiger partial charge on any atom is 0.117 e. The van der Waals surface area contributed by atoms with Crippen LogP contribution in [-0.4, -0.2) is 47.3 Å². The summed E-state index contributed by atoms with van der Waals surface area (Å²) >= 11 is 6.45. The summed E-state index contributed by atoms with van der Waals surface area (Å²) in [7, 11) is 2.10. The average Bonchev–Trinajstić information content (AvgIpc) is 2.38. The van der Waals surface area contributed by atoms with Crippen LogP contribution in [0, 0.1) is 6.92 Å². The van der Waals surface area contributed by atoms with E-state index in [2.05, 4.69) is 45.2 Å². The van der Waals surface area contributed by atoms with Gasteiger partial charge in [-0.2, -0.15) is 10.2 Å². The summed E-state index contributed by atoms with van der Waals surface area (Å²) in [6.07, 6.45) is 1.81. The van der Waals surface area contributed by atoms with E-state index in [1.54, 1.807) is 0 Å². The lowest BCUT2D eigenvalue weighted by Crippen LogP contribution is -2.49. The van der Waals surface area contributed by atoms with Crippen molar-refractivity contribution < 1.29 is 0 Å². The average molecular weight is 277 g/mol. The lowest BCUT2D eigenvalue weighted by atomic mass is 10.1. The molecule has 1 aromatic carbocycles. The highest BCUT2D eigenvalue weighted by atomic mass is 35.5. The van der Waals surface area contributed by atoms with Crippen LogP contribution in [0.3, 0.4) is 0 Å². The van der Waals surface area contributed by atoms with Gasteiger partial charge in [-0.15, -0.1) is 0 Å². The van der Waals surface area contributed by atoms with Crippen LogP contribution in [0.15, 0.2) is 24.4 Å². The maximum atomic E-state index is 6.45. The van der Waals surface area contributed by atoms with Crippen molar-refractivity contribution in [3.05, 3.63) is 30.1 Å². The van der Waals surface area contributed by atoms with Crippen molar-refractivity contribution in [3.63, 3.8) is 0 Å². The fraction of sp³-hybridized carbons (Fsp3) is 0.429. The molecular weight excluding hydrogens is 260 g/mol. The number of anilines is 1. The van der Waals surface area contributed by atoms with Crippen molar-refractivity contribution in [2.75, 3.05) is 31.6 Å². The van der Waals surface area contributed by atoms with Gasteiger partial charge in [0.05, 0.1) is 11.9 Å². The van der Waals surface area contributed by atoms with Crippen LogP contribution in [0.1, 0.15) is 5.69 Å². The quantitative estimate of drug-likeness (QED) is 0.591. The number of hydrogen-bond acceptors (Lipinski definition) is 4. The van der Waals surface area contributed by atoms with Gasteiger partial charge in [-0.1, -0.05) is 17.7 Å². The molecule has 100 valence electrons. The molecule has 1 aliphatic heterocycles. The highest BCUT2D eigenvalue weighted by Crippen LogP contribution is 2.26. The van der Waals surface area contributed by atoms with Gasteiger partial charge < -0.3 is 9.80 Å². The molecule has 19 heavy (non-hydrogen) atoms. The van der Waals surface area contributed by atoms with Gasteiger partial charge in [0.1, 0.15) is 5.50 Å². The first-order valence-electron chi connectivity index (χ1n) is 6.46. The number of benzene rings is 1. The Balaban J connectivity index is 1.97. The number of fused-ring (bicyclic) bond motifs is 1. The molecule has 2 heterocycles. The van der Waals surface area contributed by atoms with Crippen LogP contribution in [-0.2, 0) is 0 Å². The van der Waals surface area contributed by atoms with Crippen LogP contribution in [0.5, 0.6) is 0 Å². The van der Waals surface area contributed by atoms with E-state index < -0.39 is 0 Å². The molecule has 1 aliphatic rings. The summed E-state index contributed by atoms with van der Waals surface area (Å²) in [5.74, 6) is 0. The third-order valence-electron chi connectivity index (χ3n) is 3.68. The van der Waals surface area contributed by atoms with E-state index in [1.807, 2.05) is 13.1 Å². The number of hydrogen-bond donors (Lipinski definition) is 0. The number of halogens is 1. The number of aryl methyl sites for hydroxylation is 1. The smallest absolute Gasteiger partial charge is 0.117 e. The fourth-order valence-corrected chi connectivity index (χ4v) is 3.00. The number of piperazine rings is 1. The zero-order valence-electron chi connectivity index (χ0n) is 11.2. The summed E-state index contributed by atoms with van der Waals surface area (Å²) in [6, 6.07) is 6.38. The first kappa shape index (κ1) is 12.6. The van der Waals surface area contributed by atoms with Gasteiger partial charge >= 0.3 is 0 Å². The van der Waals surface area contributed by atoms with Crippen LogP contribution >= 0.6 is 11.6 Å². The minimum absolute atomic E-state index is 0.0205. The zero-order valence-corrected chi connectivity index (χ0v) is 11.9. The lowest BCUT2D eigenvalue weighted by Gasteiger charge is -2.38. The molecule has 0 amide bonds. The van der Waals surface area contributed by atoms with Crippen LogP contribution in [0.4, 0.5) is 5.69 Å². The highest BCUT2D eigenvalue weighted by Gasteiger charge is 2.23. The third-order valence-corrected chi connectivity index (χ3v) is 4.06. The lowest BCUT2D eigenvalue weighted by molar-refractivity contribution is 0.299. The molecule has 1 unspecified atom stereocenters. The van der Waals surface area contributed by atoms with E-state index in [0.29, 0.717) is 0 Å². The van der Waals surface area contributed by atoms with Crippen molar-refractivity contribution in [2.24, 2.45) is 0 Å². The van der Waals surface area contributed by atoms with Gasteiger partial charge in [-0.3, -0.25) is 0 Å².